The summed E-state index contributed by atoms with van der Waals surface area (Å²) in [6.07, 6.45) is -5.12. The topological polar surface area (TPSA) is 46.3 Å². The van der Waals surface area contributed by atoms with Crippen LogP contribution in [0, 0.1) is 6.92 Å². The highest BCUT2D eigenvalue weighted by molar-refractivity contribution is 5.77. The summed E-state index contributed by atoms with van der Waals surface area (Å²) < 4.78 is 44.7. The molecule has 2 rings (SSSR count). The van der Waals surface area contributed by atoms with Gasteiger partial charge < -0.3 is 9.42 Å². The molecule has 1 aromatic heterocycles. The van der Waals surface area contributed by atoms with E-state index in [4.69, 9.17) is 4.52 Å². The van der Waals surface area contributed by atoms with E-state index in [1.54, 1.807) is 19.1 Å². The van der Waals surface area contributed by atoms with Crippen molar-refractivity contribution in [1.82, 2.24) is 10.1 Å². The number of halogens is 3. The van der Waals surface area contributed by atoms with E-state index >= 15 is 0 Å². The van der Waals surface area contributed by atoms with Gasteiger partial charge in [0.25, 0.3) is 0 Å². The summed E-state index contributed by atoms with van der Waals surface area (Å²) in [4.78, 5) is 13.4. The van der Waals surface area contributed by atoms with Crippen LogP contribution in [-0.2, 0) is 11.3 Å². The van der Waals surface area contributed by atoms with E-state index in [1.165, 1.54) is 36.2 Å². The molecule has 0 unspecified atom stereocenters. The maximum Gasteiger partial charge on any atom is 0.396 e. The van der Waals surface area contributed by atoms with Crippen molar-refractivity contribution in [3.8, 4) is 0 Å². The van der Waals surface area contributed by atoms with E-state index in [2.05, 4.69) is 5.16 Å². The van der Waals surface area contributed by atoms with E-state index in [0.29, 0.717) is 11.5 Å². The number of aromatic nitrogens is 1. The maximum atomic E-state index is 13.3. The zero-order valence-electron chi connectivity index (χ0n) is 12.8. The van der Waals surface area contributed by atoms with Crippen LogP contribution >= 0.6 is 0 Å². The van der Waals surface area contributed by atoms with Crippen LogP contribution in [0.25, 0.3) is 0 Å². The molecule has 1 atom stereocenters. The van der Waals surface area contributed by atoms with Crippen LogP contribution in [0.5, 0.6) is 0 Å². The largest absolute Gasteiger partial charge is 0.396 e. The quantitative estimate of drug-likeness (QED) is 0.842. The number of aryl methyl sites for hydroxylation is 1. The highest BCUT2D eigenvalue weighted by atomic mass is 19.4. The van der Waals surface area contributed by atoms with Crippen molar-refractivity contribution < 1.29 is 22.5 Å². The Labute approximate surface area is 131 Å². The third kappa shape index (κ3) is 4.58. The second-order valence-electron chi connectivity index (χ2n) is 5.39. The standard InChI is InChI=1S/C16H17F3N2O2/c1-11-8-13(20-23-11)10-21(2)15(22)9-14(16(17,18)19)12-6-4-3-5-7-12/h3-8,14H,9-10H2,1-2H3/t14-/m0/s1. The number of carbonyl (C=O) groups is 1. The van der Waals surface area contributed by atoms with Crippen LogP contribution in [0.2, 0.25) is 0 Å². The van der Waals surface area contributed by atoms with Crippen molar-refractivity contribution in [3.05, 3.63) is 53.4 Å². The summed E-state index contributed by atoms with van der Waals surface area (Å²) in [5.74, 6) is -1.84. The first-order valence-electron chi connectivity index (χ1n) is 7.05. The van der Waals surface area contributed by atoms with Crippen molar-refractivity contribution in [1.29, 1.82) is 0 Å². The highest BCUT2D eigenvalue weighted by Gasteiger charge is 2.42. The fourth-order valence-electron chi connectivity index (χ4n) is 2.26. The van der Waals surface area contributed by atoms with Crippen LogP contribution in [0.1, 0.15) is 29.4 Å². The van der Waals surface area contributed by atoms with Crippen LogP contribution in [0.15, 0.2) is 40.9 Å². The van der Waals surface area contributed by atoms with Gasteiger partial charge >= 0.3 is 6.18 Å². The van der Waals surface area contributed by atoms with Gasteiger partial charge in [0.15, 0.2) is 0 Å². The molecule has 0 radical (unpaired) electrons. The summed E-state index contributed by atoms with van der Waals surface area (Å²) in [5, 5.41) is 3.73. The van der Waals surface area contributed by atoms with Gasteiger partial charge in [0, 0.05) is 19.5 Å². The lowest BCUT2D eigenvalue weighted by Gasteiger charge is -2.23. The minimum absolute atomic E-state index is 0.0824. The van der Waals surface area contributed by atoms with Gasteiger partial charge in [-0.05, 0) is 12.5 Å². The van der Waals surface area contributed by atoms with E-state index in [-0.39, 0.29) is 12.1 Å². The monoisotopic (exact) mass is 326 g/mol. The summed E-state index contributed by atoms with van der Waals surface area (Å²) in [6.45, 7) is 1.81. The summed E-state index contributed by atoms with van der Waals surface area (Å²) in [7, 11) is 1.45. The lowest BCUT2D eigenvalue weighted by atomic mass is 9.94. The Hall–Kier alpha value is -2.31. The molecule has 2 aromatic rings. The molecular weight excluding hydrogens is 309 g/mol. The third-order valence-corrected chi connectivity index (χ3v) is 3.48. The molecule has 23 heavy (non-hydrogen) atoms. The first kappa shape index (κ1) is 17.1. The number of hydrogen-bond acceptors (Lipinski definition) is 3. The van der Waals surface area contributed by atoms with Gasteiger partial charge in [0.2, 0.25) is 5.91 Å². The predicted octanol–water partition coefficient (Wildman–Crippen LogP) is 3.68. The van der Waals surface area contributed by atoms with E-state index < -0.39 is 24.4 Å². The molecule has 1 amide bonds. The average Bonchev–Trinajstić information content (AvgIpc) is 2.89. The minimum Gasteiger partial charge on any atom is -0.361 e. The molecule has 0 aliphatic rings. The normalized spacial score (nSPS) is 12.9. The highest BCUT2D eigenvalue weighted by Crippen LogP contribution is 2.37. The predicted molar refractivity (Wildman–Crippen MR) is 77.6 cm³/mol. The SMILES string of the molecule is Cc1cc(CN(C)C(=O)C[C@@H](c2ccccc2)C(F)(F)F)no1. The summed E-state index contributed by atoms with van der Waals surface area (Å²) >= 11 is 0. The molecular formula is C16H17F3N2O2. The van der Waals surface area contributed by atoms with Crippen molar-refractivity contribution >= 4 is 5.91 Å². The first-order valence-corrected chi connectivity index (χ1v) is 7.05. The molecule has 0 spiro atoms. The molecule has 0 aliphatic carbocycles. The van der Waals surface area contributed by atoms with Gasteiger partial charge in [-0.2, -0.15) is 13.2 Å². The van der Waals surface area contributed by atoms with Crippen LogP contribution in [-0.4, -0.2) is 29.2 Å². The van der Waals surface area contributed by atoms with Crippen LogP contribution in [0.4, 0.5) is 13.2 Å². The molecule has 1 heterocycles. The Balaban J connectivity index is 2.08. The molecule has 1 aromatic carbocycles. The van der Waals surface area contributed by atoms with Crippen LogP contribution < -0.4 is 0 Å². The number of carbonyl (C=O) groups excluding carboxylic acids is 1. The van der Waals surface area contributed by atoms with Crippen molar-refractivity contribution in [2.75, 3.05) is 7.05 Å². The second-order valence-corrected chi connectivity index (χ2v) is 5.39. The molecule has 0 N–H and O–H groups in total. The zero-order chi connectivity index (χ0) is 17.0. The smallest absolute Gasteiger partial charge is 0.361 e. The molecule has 0 aliphatic heterocycles. The van der Waals surface area contributed by atoms with E-state index in [0.717, 1.165) is 0 Å². The number of nitrogens with zero attached hydrogens (tertiary/aromatic N) is 2. The van der Waals surface area contributed by atoms with Gasteiger partial charge in [0.05, 0.1) is 12.5 Å². The Kier molecular flexibility index (Phi) is 5.08. The van der Waals surface area contributed by atoms with E-state index in [9.17, 15) is 18.0 Å². The first-order chi connectivity index (χ1) is 10.8. The fraction of sp³-hybridized carbons (Fsp3) is 0.375. The molecule has 4 nitrogen and oxygen atoms in total. The number of alkyl halides is 3. The van der Waals surface area contributed by atoms with E-state index in [1.807, 2.05) is 0 Å². The minimum atomic E-state index is -4.48. The number of benzene rings is 1. The summed E-state index contributed by atoms with van der Waals surface area (Å²) in [5.41, 5.74) is 0.584. The Morgan fingerprint density at radius 3 is 2.48 bits per heavy atom. The zero-order valence-corrected chi connectivity index (χ0v) is 12.8. The Morgan fingerprint density at radius 2 is 1.96 bits per heavy atom. The lowest BCUT2D eigenvalue weighted by Crippen LogP contribution is -2.31. The van der Waals surface area contributed by atoms with Gasteiger partial charge in [-0.3, -0.25) is 4.79 Å². The van der Waals surface area contributed by atoms with Gasteiger partial charge in [0.1, 0.15) is 11.5 Å². The van der Waals surface area contributed by atoms with Gasteiger partial charge in [-0.15, -0.1) is 0 Å². The van der Waals surface area contributed by atoms with Gasteiger partial charge in [-0.25, -0.2) is 0 Å². The molecule has 0 bridgehead atoms. The fourth-order valence-corrected chi connectivity index (χ4v) is 2.26. The number of hydrogen-bond donors (Lipinski definition) is 0. The molecule has 0 fully saturated rings. The second kappa shape index (κ2) is 6.85. The molecule has 124 valence electrons. The van der Waals surface area contributed by atoms with Gasteiger partial charge in [-0.1, -0.05) is 35.5 Å². The number of amides is 1. The number of rotatable bonds is 5. The Bertz CT molecular complexity index is 653. The third-order valence-electron chi connectivity index (χ3n) is 3.48. The molecule has 0 saturated carbocycles. The molecule has 0 saturated heterocycles. The van der Waals surface area contributed by atoms with Crippen molar-refractivity contribution in [2.45, 2.75) is 32.0 Å². The average molecular weight is 326 g/mol. The van der Waals surface area contributed by atoms with Crippen molar-refractivity contribution in [2.24, 2.45) is 0 Å². The molecule has 7 heteroatoms. The van der Waals surface area contributed by atoms with Crippen molar-refractivity contribution in [3.63, 3.8) is 0 Å². The Morgan fingerprint density at radius 1 is 1.30 bits per heavy atom. The van der Waals surface area contributed by atoms with Crippen LogP contribution in [0.3, 0.4) is 0 Å². The lowest BCUT2D eigenvalue weighted by molar-refractivity contribution is -0.160. The maximum absolute atomic E-state index is 13.3. The summed E-state index contributed by atoms with van der Waals surface area (Å²) in [6, 6.07) is 9.10.